The number of nitrogens with zero attached hydrogens (tertiary/aromatic N) is 6. The molecule has 0 amide bonds. The minimum atomic E-state index is 0.562. The minimum absolute atomic E-state index is 0.562. The molecule has 4 rings (SSSR count). The molecule has 4 aromatic rings. The maximum absolute atomic E-state index is 9.32. The van der Waals surface area contributed by atoms with Crippen molar-refractivity contribution in [2.24, 2.45) is 0 Å². The van der Waals surface area contributed by atoms with Gasteiger partial charge in [0.15, 0.2) is 0 Å². The number of rotatable bonds is 5. The van der Waals surface area contributed by atoms with Crippen molar-refractivity contribution in [3.63, 3.8) is 0 Å². The van der Waals surface area contributed by atoms with Gasteiger partial charge in [-0.1, -0.05) is 18.2 Å². The van der Waals surface area contributed by atoms with Crippen LogP contribution in [0.15, 0.2) is 67.3 Å². The number of hydrogen-bond donors (Lipinski definition) is 0. The van der Waals surface area contributed by atoms with Gasteiger partial charge < -0.3 is 4.57 Å². The molecule has 0 aliphatic rings. The standard InChI is InChI=1S/C21H18N6/c1-2-26-12-10-23-20(26)15-27-11-8-19(25-27)16-5-3-6-17(13-16)21-18(14-22)7-4-9-24-21/h3-13H,2,15H2,1H3. The van der Waals surface area contributed by atoms with Gasteiger partial charge in [0.1, 0.15) is 11.9 Å². The van der Waals surface area contributed by atoms with Crippen LogP contribution < -0.4 is 0 Å². The van der Waals surface area contributed by atoms with Crippen LogP contribution in [-0.4, -0.2) is 24.3 Å². The first-order valence-electron chi connectivity index (χ1n) is 8.78. The van der Waals surface area contributed by atoms with Gasteiger partial charge >= 0.3 is 0 Å². The average molecular weight is 354 g/mol. The number of imidazole rings is 1. The van der Waals surface area contributed by atoms with Crippen LogP contribution in [0.25, 0.3) is 22.5 Å². The van der Waals surface area contributed by atoms with Crippen molar-refractivity contribution in [1.29, 1.82) is 5.26 Å². The Morgan fingerprint density at radius 3 is 2.74 bits per heavy atom. The first-order valence-corrected chi connectivity index (χ1v) is 8.78. The summed E-state index contributed by atoms with van der Waals surface area (Å²) in [6, 6.07) is 15.7. The molecule has 0 bridgehead atoms. The third-order valence-electron chi connectivity index (χ3n) is 4.45. The highest BCUT2D eigenvalue weighted by Crippen LogP contribution is 2.26. The Balaban J connectivity index is 1.64. The number of aromatic nitrogens is 5. The lowest BCUT2D eigenvalue weighted by molar-refractivity contribution is 0.608. The third-order valence-corrected chi connectivity index (χ3v) is 4.45. The first-order chi connectivity index (χ1) is 13.3. The van der Waals surface area contributed by atoms with E-state index < -0.39 is 0 Å². The molecular weight excluding hydrogens is 336 g/mol. The maximum atomic E-state index is 9.32. The smallest absolute Gasteiger partial charge is 0.130 e. The number of aryl methyl sites for hydroxylation is 1. The summed E-state index contributed by atoms with van der Waals surface area (Å²) in [6.45, 7) is 3.61. The molecule has 0 N–H and O–H groups in total. The van der Waals surface area contributed by atoms with Crippen molar-refractivity contribution < 1.29 is 0 Å². The van der Waals surface area contributed by atoms with E-state index in [0.717, 1.165) is 29.2 Å². The predicted octanol–water partition coefficient (Wildman–Crippen LogP) is 3.75. The number of pyridine rings is 1. The summed E-state index contributed by atoms with van der Waals surface area (Å²) in [7, 11) is 0. The second-order valence-corrected chi connectivity index (χ2v) is 6.12. The molecule has 3 heterocycles. The molecule has 0 saturated heterocycles. The van der Waals surface area contributed by atoms with E-state index in [-0.39, 0.29) is 0 Å². The zero-order chi connectivity index (χ0) is 18.6. The van der Waals surface area contributed by atoms with Crippen LogP contribution in [0, 0.1) is 11.3 Å². The number of nitriles is 1. The molecule has 27 heavy (non-hydrogen) atoms. The summed E-state index contributed by atoms with van der Waals surface area (Å²) < 4.78 is 3.99. The van der Waals surface area contributed by atoms with Crippen LogP contribution in [0.4, 0.5) is 0 Å². The van der Waals surface area contributed by atoms with E-state index in [0.29, 0.717) is 17.8 Å². The van der Waals surface area contributed by atoms with Crippen molar-refractivity contribution in [1.82, 2.24) is 24.3 Å². The van der Waals surface area contributed by atoms with Crippen LogP contribution in [0.2, 0.25) is 0 Å². The molecule has 0 atom stereocenters. The molecule has 0 aliphatic heterocycles. The molecule has 6 heteroatoms. The fraction of sp³-hybridized carbons (Fsp3) is 0.143. The van der Waals surface area contributed by atoms with Crippen molar-refractivity contribution in [3.05, 3.63) is 78.6 Å². The van der Waals surface area contributed by atoms with E-state index in [2.05, 4.69) is 32.6 Å². The summed E-state index contributed by atoms with van der Waals surface area (Å²) in [6.07, 6.45) is 7.45. The minimum Gasteiger partial charge on any atom is -0.334 e. The quantitative estimate of drug-likeness (QED) is 0.547. The molecule has 132 valence electrons. The summed E-state index contributed by atoms with van der Waals surface area (Å²) in [5.41, 5.74) is 4.01. The van der Waals surface area contributed by atoms with Crippen LogP contribution in [0.1, 0.15) is 18.3 Å². The third kappa shape index (κ3) is 3.35. The van der Waals surface area contributed by atoms with E-state index in [1.54, 1.807) is 18.3 Å². The second kappa shape index (κ2) is 7.26. The zero-order valence-corrected chi connectivity index (χ0v) is 14.9. The number of benzene rings is 1. The number of hydrogen-bond acceptors (Lipinski definition) is 4. The molecule has 0 fully saturated rings. The van der Waals surface area contributed by atoms with Gasteiger partial charge in [-0.15, -0.1) is 0 Å². The molecule has 3 aromatic heterocycles. The summed E-state index contributed by atoms with van der Waals surface area (Å²) in [5, 5.41) is 14.0. The van der Waals surface area contributed by atoms with Crippen molar-refractivity contribution in [2.45, 2.75) is 20.0 Å². The van der Waals surface area contributed by atoms with Crippen molar-refractivity contribution >= 4 is 0 Å². The first kappa shape index (κ1) is 16.7. The Kier molecular flexibility index (Phi) is 4.50. The van der Waals surface area contributed by atoms with Gasteiger partial charge in [-0.3, -0.25) is 9.67 Å². The van der Waals surface area contributed by atoms with Crippen LogP contribution in [-0.2, 0) is 13.1 Å². The Hall–Kier alpha value is -3.72. The normalized spacial score (nSPS) is 10.7. The lowest BCUT2D eigenvalue weighted by Gasteiger charge is -2.06. The average Bonchev–Trinajstić information content (AvgIpc) is 3.37. The molecular formula is C21H18N6. The largest absolute Gasteiger partial charge is 0.334 e. The SMILES string of the molecule is CCn1ccnc1Cn1ccc(-c2cccc(-c3ncccc3C#N)c2)n1. The lowest BCUT2D eigenvalue weighted by Crippen LogP contribution is -2.08. The molecule has 0 saturated carbocycles. The summed E-state index contributed by atoms with van der Waals surface area (Å²) in [4.78, 5) is 8.77. The molecule has 1 aromatic carbocycles. The van der Waals surface area contributed by atoms with Crippen molar-refractivity contribution in [2.75, 3.05) is 0 Å². The summed E-state index contributed by atoms with van der Waals surface area (Å²) in [5.74, 6) is 0.980. The van der Waals surface area contributed by atoms with Gasteiger partial charge in [-0.25, -0.2) is 4.98 Å². The van der Waals surface area contributed by atoms with Gasteiger partial charge in [-0.05, 0) is 31.2 Å². The highest BCUT2D eigenvalue weighted by atomic mass is 15.3. The van der Waals surface area contributed by atoms with Crippen LogP contribution in [0.5, 0.6) is 0 Å². The van der Waals surface area contributed by atoms with Gasteiger partial charge in [0.2, 0.25) is 0 Å². The summed E-state index contributed by atoms with van der Waals surface area (Å²) >= 11 is 0. The van der Waals surface area contributed by atoms with Gasteiger partial charge in [-0.2, -0.15) is 10.4 Å². The van der Waals surface area contributed by atoms with E-state index >= 15 is 0 Å². The van der Waals surface area contributed by atoms with E-state index in [4.69, 9.17) is 0 Å². The molecule has 6 nitrogen and oxygen atoms in total. The second-order valence-electron chi connectivity index (χ2n) is 6.12. The Morgan fingerprint density at radius 1 is 1.00 bits per heavy atom. The topological polar surface area (TPSA) is 72.3 Å². The lowest BCUT2D eigenvalue weighted by atomic mass is 10.0. The Labute approximate surface area is 157 Å². The van der Waals surface area contributed by atoms with Gasteiger partial charge in [0.05, 0.1) is 23.5 Å². The van der Waals surface area contributed by atoms with Gasteiger partial charge in [0, 0.05) is 42.5 Å². The highest BCUT2D eigenvalue weighted by molar-refractivity contribution is 5.72. The Bertz CT molecular complexity index is 1120. The maximum Gasteiger partial charge on any atom is 0.130 e. The van der Waals surface area contributed by atoms with E-state index in [9.17, 15) is 5.26 Å². The molecule has 0 aliphatic carbocycles. The molecule has 0 unspecified atom stereocenters. The van der Waals surface area contributed by atoms with E-state index in [1.807, 2.05) is 53.6 Å². The van der Waals surface area contributed by atoms with Gasteiger partial charge in [0.25, 0.3) is 0 Å². The monoisotopic (exact) mass is 354 g/mol. The zero-order valence-electron chi connectivity index (χ0n) is 14.9. The molecule has 0 radical (unpaired) electrons. The highest BCUT2D eigenvalue weighted by Gasteiger charge is 2.10. The fourth-order valence-corrected chi connectivity index (χ4v) is 3.08. The molecule has 0 spiro atoms. The van der Waals surface area contributed by atoms with Crippen molar-refractivity contribution in [3.8, 4) is 28.6 Å². The van der Waals surface area contributed by atoms with E-state index in [1.165, 1.54) is 0 Å². The van der Waals surface area contributed by atoms with Crippen LogP contribution in [0.3, 0.4) is 0 Å². The van der Waals surface area contributed by atoms with Crippen LogP contribution >= 0.6 is 0 Å². The Morgan fingerprint density at radius 2 is 1.89 bits per heavy atom. The fourth-order valence-electron chi connectivity index (χ4n) is 3.08. The predicted molar refractivity (Wildman–Crippen MR) is 103 cm³/mol.